The molecule has 5 nitrogen and oxygen atoms in total. The van der Waals surface area contributed by atoms with Crippen molar-refractivity contribution < 1.29 is 25.2 Å². The quantitative estimate of drug-likeness (QED) is 0.236. The van der Waals surface area contributed by atoms with E-state index in [1.165, 1.54) is 4.88 Å². The maximum absolute atomic E-state index is 10.5. The van der Waals surface area contributed by atoms with Crippen molar-refractivity contribution in [1.82, 2.24) is 0 Å². The number of carboxylic acid groups (broad SMARTS) is 1. The summed E-state index contributed by atoms with van der Waals surface area (Å²) in [6.45, 7) is 0. The molecule has 1 aromatic heterocycles. The lowest BCUT2D eigenvalue weighted by Crippen LogP contribution is -2.20. The lowest BCUT2D eigenvalue weighted by Gasteiger charge is -2.19. The number of aliphatic hydroxyl groups excluding tert-OH is 3. The molecule has 1 fully saturated rings. The van der Waals surface area contributed by atoms with Crippen molar-refractivity contribution in [2.24, 2.45) is 11.8 Å². The highest BCUT2D eigenvalue weighted by atomic mass is 79.9. The van der Waals surface area contributed by atoms with Crippen LogP contribution in [0.3, 0.4) is 0 Å². The number of aliphatic carboxylic acids is 1. The average molecular weight is 552 g/mol. The molecule has 1 saturated carbocycles. The van der Waals surface area contributed by atoms with Gasteiger partial charge in [-0.15, -0.1) is 11.3 Å². The van der Waals surface area contributed by atoms with Crippen LogP contribution in [0.1, 0.15) is 43.4 Å². The van der Waals surface area contributed by atoms with Gasteiger partial charge in [0.05, 0.1) is 22.1 Å². The summed E-state index contributed by atoms with van der Waals surface area (Å²) in [6, 6.07) is 2.04. The minimum absolute atomic E-state index is 0.103. The van der Waals surface area contributed by atoms with Gasteiger partial charge in [-0.05, 0) is 75.9 Å². The first kappa shape index (κ1) is 24.8. The average Bonchev–Trinajstić information content (AvgIpc) is 3.11. The second-order valence-electron chi connectivity index (χ2n) is 7.43. The summed E-state index contributed by atoms with van der Waals surface area (Å²) < 4.78 is 2.06. The molecule has 5 atom stereocenters. The summed E-state index contributed by atoms with van der Waals surface area (Å²) in [5.41, 5.74) is 0. The molecule has 0 bridgehead atoms. The Kier molecular flexibility index (Phi) is 10.6. The summed E-state index contributed by atoms with van der Waals surface area (Å²) in [5, 5.41) is 39.5. The number of rotatable bonds is 11. The van der Waals surface area contributed by atoms with E-state index in [4.69, 9.17) is 5.11 Å². The van der Waals surface area contributed by atoms with E-state index in [1.54, 1.807) is 17.4 Å². The van der Waals surface area contributed by atoms with Crippen LogP contribution in [0.4, 0.5) is 0 Å². The van der Waals surface area contributed by atoms with Gasteiger partial charge in [-0.25, -0.2) is 0 Å². The highest BCUT2D eigenvalue weighted by Gasteiger charge is 2.39. The van der Waals surface area contributed by atoms with Crippen LogP contribution >= 0.6 is 43.2 Å². The number of halogens is 2. The van der Waals surface area contributed by atoms with Crippen molar-refractivity contribution >= 4 is 49.2 Å². The van der Waals surface area contributed by atoms with Crippen LogP contribution in [-0.4, -0.2) is 44.7 Å². The third-order valence-electron chi connectivity index (χ3n) is 5.19. The minimum Gasteiger partial charge on any atom is -0.481 e. The van der Waals surface area contributed by atoms with Crippen LogP contribution in [0.2, 0.25) is 0 Å². The Hall–Kier alpha value is -0.510. The molecule has 0 spiro atoms. The molecule has 1 aliphatic carbocycles. The van der Waals surface area contributed by atoms with Crippen molar-refractivity contribution in [3.8, 4) is 0 Å². The van der Waals surface area contributed by atoms with E-state index in [0.717, 1.165) is 14.7 Å². The first-order chi connectivity index (χ1) is 13.8. The van der Waals surface area contributed by atoms with Gasteiger partial charge >= 0.3 is 5.97 Å². The number of allylic oxidation sites excluding steroid dienone is 2. The van der Waals surface area contributed by atoms with E-state index in [2.05, 4.69) is 31.9 Å². The lowest BCUT2D eigenvalue weighted by molar-refractivity contribution is -0.137. The Balaban J connectivity index is 1.83. The maximum atomic E-state index is 10.5. The number of unbranched alkanes of at least 4 members (excludes halogenated alkanes) is 1. The Labute approximate surface area is 192 Å². The predicted molar refractivity (Wildman–Crippen MR) is 122 cm³/mol. The number of aliphatic hydroxyl groups is 3. The Morgan fingerprint density at radius 2 is 2.03 bits per heavy atom. The monoisotopic (exact) mass is 550 g/mol. The number of aryl methyl sites for hydroxylation is 1. The highest BCUT2D eigenvalue weighted by Crippen LogP contribution is 2.36. The van der Waals surface area contributed by atoms with E-state index in [-0.39, 0.29) is 18.3 Å². The molecule has 162 valence electrons. The van der Waals surface area contributed by atoms with E-state index in [9.17, 15) is 20.1 Å². The fraction of sp³-hybridized carbons (Fsp3) is 0.571. The van der Waals surface area contributed by atoms with Crippen molar-refractivity contribution in [3.05, 3.63) is 43.5 Å². The second-order valence-corrected chi connectivity index (χ2v) is 10.7. The van der Waals surface area contributed by atoms with Gasteiger partial charge in [-0.3, -0.25) is 4.79 Å². The van der Waals surface area contributed by atoms with Gasteiger partial charge in [0.2, 0.25) is 0 Å². The molecule has 0 saturated heterocycles. The van der Waals surface area contributed by atoms with E-state index in [1.807, 2.05) is 24.3 Å². The smallest absolute Gasteiger partial charge is 0.303 e. The third kappa shape index (κ3) is 8.26. The van der Waals surface area contributed by atoms with Crippen LogP contribution in [0.5, 0.6) is 0 Å². The summed E-state index contributed by atoms with van der Waals surface area (Å²) in [4.78, 5) is 11.7. The lowest BCUT2D eigenvalue weighted by atomic mass is 9.89. The zero-order valence-electron chi connectivity index (χ0n) is 16.1. The summed E-state index contributed by atoms with van der Waals surface area (Å²) >= 11 is 8.57. The molecule has 8 heteroatoms. The molecule has 1 aromatic rings. The molecule has 0 amide bonds. The number of carbonyl (C=O) groups is 1. The first-order valence-electron chi connectivity index (χ1n) is 9.81. The zero-order valence-corrected chi connectivity index (χ0v) is 20.1. The predicted octanol–water partition coefficient (Wildman–Crippen LogP) is 4.68. The van der Waals surface area contributed by atoms with Gasteiger partial charge in [0, 0.05) is 28.1 Å². The Morgan fingerprint density at radius 1 is 1.28 bits per heavy atom. The van der Waals surface area contributed by atoms with Crippen molar-refractivity contribution in [3.63, 3.8) is 0 Å². The minimum atomic E-state index is -0.796. The number of hydrogen-bond donors (Lipinski definition) is 4. The molecule has 0 radical (unpaired) electrons. The van der Waals surface area contributed by atoms with E-state index in [0.29, 0.717) is 32.1 Å². The van der Waals surface area contributed by atoms with Gasteiger partial charge in [-0.2, -0.15) is 0 Å². The third-order valence-corrected chi connectivity index (χ3v) is 8.51. The molecule has 2 rings (SSSR count). The summed E-state index contributed by atoms with van der Waals surface area (Å²) in [7, 11) is 0. The Morgan fingerprint density at radius 3 is 2.69 bits per heavy atom. The highest BCUT2D eigenvalue weighted by molar-refractivity contribution is 9.13. The largest absolute Gasteiger partial charge is 0.481 e. The van der Waals surface area contributed by atoms with Crippen molar-refractivity contribution in [2.45, 2.75) is 63.3 Å². The molecule has 0 unspecified atom stereocenters. The van der Waals surface area contributed by atoms with Gasteiger partial charge < -0.3 is 20.4 Å². The first-order valence-corrected chi connectivity index (χ1v) is 12.2. The molecular formula is C21H28Br2O5S. The van der Waals surface area contributed by atoms with Crippen LogP contribution in [0.25, 0.3) is 0 Å². The Bertz CT molecular complexity index is 698. The van der Waals surface area contributed by atoms with Gasteiger partial charge in [-0.1, -0.05) is 24.3 Å². The molecule has 1 aliphatic rings. The van der Waals surface area contributed by atoms with Crippen LogP contribution < -0.4 is 0 Å². The van der Waals surface area contributed by atoms with Crippen molar-refractivity contribution in [2.75, 3.05) is 0 Å². The summed E-state index contributed by atoms with van der Waals surface area (Å²) in [6.07, 6.45) is 9.39. The number of carboxylic acids is 1. The van der Waals surface area contributed by atoms with Crippen LogP contribution in [0, 0.1) is 11.8 Å². The molecule has 4 N–H and O–H groups in total. The maximum Gasteiger partial charge on any atom is 0.303 e. The summed E-state index contributed by atoms with van der Waals surface area (Å²) in [5.74, 6) is -1.10. The number of hydrogen-bond acceptors (Lipinski definition) is 5. The topological polar surface area (TPSA) is 98.0 Å². The van der Waals surface area contributed by atoms with Gasteiger partial charge in [0.15, 0.2) is 0 Å². The zero-order chi connectivity index (χ0) is 21.4. The fourth-order valence-electron chi connectivity index (χ4n) is 3.61. The number of thiophene rings is 1. The molecule has 0 aromatic carbocycles. The molecular weight excluding hydrogens is 524 g/mol. The van der Waals surface area contributed by atoms with Gasteiger partial charge in [0.25, 0.3) is 0 Å². The normalized spacial score (nSPS) is 26.0. The fourth-order valence-corrected chi connectivity index (χ4v) is 5.80. The van der Waals surface area contributed by atoms with Crippen molar-refractivity contribution in [1.29, 1.82) is 0 Å². The molecule has 29 heavy (non-hydrogen) atoms. The van der Waals surface area contributed by atoms with Crippen LogP contribution in [0.15, 0.2) is 38.6 Å². The van der Waals surface area contributed by atoms with Crippen LogP contribution in [-0.2, 0) is 11.2 Å². The molecule has 0 aliphatic heterocycles. The standard InChI is InChI=1S/C21H28Br2O5S/c22-17-11-14(29-21(17)23)9-7-13(24)8-10-16-15(18(25)12-19(16)26)5-3-1-2-4-6-20(27)28/h1,3,8,10-11,13,15-16,18-19,24-26H,2,4-7,9,12H2,(H,27,28)/t13-,15+,16+,18-,19+/m0/s1. The molecule has 1 heterocycles. The van der Waals surface area contributed by atoms with E-state index >= 15 is 0 Å². The van der Waals surface area contributed by atoms with E-state index < -0.39 is 24.3 Å². The van der Waals surface area contributed by atoms with Gasteiger partial charge in [0.1, 0.15) is 0 Å². The SMILES string of the molecule is O=C(O)CCCC=CC[C@@H]1[C@@H](C=C[C@@H](O)CCc2cc(Br)c(Br)s2)[C@H](O)C[C@@H]1O. The second kappa shape index (κ2) is 12.4.